The first-order valence-corrected chi connectivity index (χ1v) is 7.03. The molecule has 1 aliphatic heterocycles. The lowest BCUT2D eigenvalue weighted by molar-refractivity contribution is 0.1000. The number of carbonyl (C=O) groups is 1. The number of primary amides is 1. The topological polar surface area (TPSA) is 72.1 Å². The fourth-order valence-electron chi connectivity index (χ4n) is 2.13. The third kappa shape index (κ3) is 2.87. The highest BCUT2D eigenvalue weighted by Gasteiger charge is 2.26. The number of thioether (sulfide) groups is 1. The number of hydrogen-bond donors (Lipinski definition) is 1. The average molecular weight is 287 g/mol. The van der Waals surface area contributed by atoms with Crippen molar-refractivity contribution < 1.29 is 4.79 Å². The Morgan fingerprint density at radius 1 is 1.44 bits per heavy atom. The summed E-state index contributed by atoms with van der Waals surface area (Å²) in [6.07, 6.45) is 0. The van der Waals surface area contributed by atoms with Gasteiger partial charge in [0.05, 0.1) is 5.56 Å². The second-order valence-corrected chi connectivity index (χ2v) is 6.70. The molecule has 0 spiro atoms. The minimum Gasteiger partial charge on any atom is -0.365 e. The zero-order chi connectivity index (χ0) is 13.3. The number of anilines is 1. The lowest BCUT2D eigenvalue weighted by Crippen LogP contribution is -2.42. The quantitative estimate of drug-likeness (QED) is 0.893. The Labute approximate surface area is 115 Å². The van der Waals surface area contributed by atoms with Gasteiger partial charge in [0.15, 0.2) is 11.0 Å². The normalized spacial score (nSPS) is 24.1. The minimum absolute atomic E-state index is 0.181. The zero-order valence-corrected chi connectivity index (χ0v) is 11.8. The second kappa shape index (κ2) is 5.32. The van der Waals surface area contributed by atoms with Crippen molar-refractivity contribution in [3.05, 3.63) is 16.8 Å². The Balaban J connectivity index is 2.35. The Hall–Kier alpha value is -1.01. The van der Waals surface area contributed by atoms with Crippen molar-refractivity contribution in [3.8, 4) is 0 Å². The van der Waals surface area contributed by atoms with Crippen LogP contribution in [0.3, 0.4) is 0 Å². The summed E-state index contributed by atoms with van der Waals surface area (Å²) in [5.41, 5.74) is 5.70. The predicted molar refractivity (Wildman–Crippen MR) is 74.3 cm³/mol. The Kier molecular flexibility index (Phi) is 3.97. The number of aromatic nitrogens is 2. The molecule has 98 valence electrons. The van der Waals surface area contributed by atoms with Crippen LogP contribution in [0, 0.1) is 0 Å². The molecule has 1 aromatic rings. The Morgan fingerprint density at radius 2 is 2.06 bits per heavy atom. The Bertz CT molecular complexity index is 460. The van der Waals surface area contributed by atoms with Crippen LogP contribution in [0.4, 0.5) is 5.82 Å². The van der Waals surface area contributed by atoms with Gasteiger partial charge in [-0.05, 0) is 6.07 Å². The monoisotopic (exact) mass is 286 g/mol. The number of halogens is 1. The number of carbonyl (C=O) groups excluding carboxylic acids is 1. The second-order valence-electron chi connectivity index (χ2n) is 4.43. The number of amides is 1. The number of rotatable bonds is 2. The molecular formula is C11H15ClN4OS. The third-order valence-corrected chi connectivity index (χ3v) is 4.14. The molecule has 1 saturated heterocycles. The lowest BCUT2D eigenvalue weighted by atomic mass is 10.2. The maximum Gasteiger partial charge on any atom is 0.252 e. The van der Waals surface area contributed by atoms with Gasteiger partial charge in [0.2, 0.25) is 0 Å². The molecular weight excluding hydrogens is 272 g/mol. The van der Waals surface area contributed by atoms with Crippen molar-refractivity contribution in [1.82, 2.24) is 10.2 Å². The van der Waals surface area contributed by atoms with Gasteiger partial charge in [-0.25, -0.2) is 0 Å². The molecule has 5 nitrogen and oxygen atoms in total. The van der Waals surface area contributed by atoms with E-state index in [-0.39, 0.29) is 5.15 Å². The van der Waals surface area contributed by atoms with Gasteiger partial charge in [0, 0.05) is 23.6 Å². The highest BCUT2D eigenvalue weighted by Crippen LogP contribution is 2.29. The highest BCUT2D eigenvalue weighted by atomic mass is 35.5. The molecule has 1 aromatic heterocycles. The van der Waals surface area contributed by atoms with Crippen LogP contribution in [0.2, 0.25) is 5.15 Å². The van der Waals surface area contributed by atoms with Crippen molar-refractivity contribution in [2.45, 2.75) is 24.3 Å². The molecule has 0 aliphatic carbocycles. The number of nitrogens with two attached hydrogens (primary N) is 1. The van der Waals surface area contributed by atoms with Crippen molar-refractivity contribution in [1.29, 1.82) is 0 Å². The molecule has 0 aromatic carbocycles. The molecule has 0 bridgehead atoms. The summed E-state index contributed by atoms with van der Waals surface area (Å²) >= 11 is 7.68. The highest BCUT2D eigenvalue weighted by molar-refractivity contribution is 8.00. The predicted octanol–water partition coefficient (Wildman–Crippen LogP) is 1.56. The van der Waals surface area contributed by atoms with Crippen LogP contribution in [0.15, 0.2) is 6.07 Å². The maximum absolute atomic E-state index is 11.4. The van der Waals surface area contributed by atoms with E-state index in [1.165, 1.54) is 6.07 Å². The van der Waals surface area contributed by atoms with E-state index in [1.54, 1.807) is 0 Å². The van der Waals surface area contributed by atoms with Crippen LogP contribution < -0.4 is 10.6 Å². The zero-order valence-electron chi connectivity index (χ0n) is 10.3. The van der Waals surface area contributed by atoms with Gasteiger partial charge >= 0.3 is 0 Å². The summed E-state index contributed by atoms with van der Waals surface area (Å²) in [5, 5.41) is 8.97. The van der Waals surface area contributed by atoms with E-state index in [2.05, 4.69) is 28.9 Å². The summed E-state index contributed by atoms with van der Waals surface area (Å²) in [6.45, 7) is 5.96. The van der Waals surface area contributed by atoms with Gasteiger partial charge in [-0.3, -0.25) is 4.79 Å². The van der Waals surface area contributed by atoms with Crippen LogP contribution in [0.1, 0.15) is 24.2 Å². The van der Waals surface area contributed by atoms with Gasteiger partial charge in [0.1, 0.15) is 0 Å². The summed E-state index contributed by atoms with van der Waals surface area (Å²) in [4.78, 5) is 13.5. The first-order valence-electron chi connectivity index (χ1n) is 5.71. The molecule has 7 heteroatoms. The van der Waals surface area contributed by atoms with Gasteiger partial charge < -0.3 is 10.6 Å². The van der Waals surface area contributed by atoms with Crippen molar-refractivity contribution in [3.63, 3.8) is 0 Å². The van der Waals surface area contributed by atoms with E-state index in [0.29, 0.717) is 21.9 Å². The molecule has 1 amide bonds. The molecule has 2 rings (SSSR count). The fourth-order valence-corrected chi connectivity index (χ4v) is 3.60. The lowest BCUT2D eigenvalue weighted by Gasteiger charge is -2.35. The Morgan fingerprint density at radius 3 is 2.61 bits per heavy atom. The average Bonchev–Trinajstić information content (AvgIpc) is 2.27. The minimum atomic E-state index is -0.527. The van der Waals surface area contributed by atoms with Gasteiger partial charge in [-0.2, -0.15) is 11.8 Å². The molecule has 0 saturated carbocycles. The van der Waals surface area contributed by atoms with E-state index >= 15 is 0 Å². The molecule has 2 atom stereocenters. The third-order valence-electron chi connectivity index (χ3n) is 2.73. The molecule has 1 fully saturated rings. The van der Waals surface area contributed by atoms with E-state index in [9.17, 15) is 4.79 Å². The van der Waals surface area contributed by atoms with E-state index in [4.69, 9.17) is 17.3 Å². The van der Waals surface area contributed by atoms with Gasteiger partial charge in [-0.1, -0.05) is 25.4 Å². The molecule has 18 heavy (non-hydrogen) atoms. The van der Waals surface area contributed by atoms with Crippen LogP contribution in [0.5, 0.6) is 0 Å². The standard InChI is InChI=1S/C11H15ClN4OS/c1-6-4-16(5-7(2)18-6)11-8(10(13)17)3-9(12)14-15-11/h3,6-7H,4-5H2,1-2H3,(H2,13,17). The summed E-state index contributed by atoms with van der Waals surface area (Å²) in [5.74, 6) is 0.00577. The van der Waals surface area contributed by atoms with Crippen molar-refractivity contribution >= 4 is 35.1 Å². The SMILES string of the molecule is CC1CN(c2nnc(Cl)cc2C(N)=O)CC(C)S1. The summed E-state index contributed by atoms with van der Waals surface area (Å²) in [7, 11) is 0. The van der Waals surface area contributed by atoms with Crippen molar-refractivity contribution in [2.75, 3.05) is 18.0 Å². The van der Waals surface area contributed by atoms with Gasteiger partial charge in [0.25, 0.3) is 5.91 Å². The molecule has 2 unspecified atom stereocenters. The van der Waals surface area contributed by atoms with Crippen LogP contribution >= 0.6 is 23.4 Å². The smallest absolute Gasteiger partial charge is 0.252 e. The van der Waals surface area contributed by atoms with Crippen LogP contribution in [0.25, 0.3) is 0 Å². The van der Waals surface area contributed by atoms with Crippen molar-refractivity contribution in [2.24, 2.45) is 5.73 Å². The summed E-state index contributed by atoms with van der Waals surface area (Å²) < 4.78 is 0. The van der Waals surface area contributed by atoms with Gasteiger partial charge in [-0.15, -0.1) is 10.2 Å². The fraction of sp³-hybridized carbons (Fsp3) is 0.545. The van der Waals surface area contributed by atoms with E-state index in [1.807, 2.05) is 11.8 Å². The molecule has 0 radical (unpaired) electrons. The molecule has 2 heterocycles. The number of hydrogen-bond acceptors (Lipinski definition) is 5. The van der Waals surface area contributed by atoms with E-state index in [0.717, 1.165) is 13.1 Å². The number of nitrogens with zero attached hydrogens (tertiary/aromatic N) is 3. The van der Waals surface area contributed by atoms with Crippen LogP contribution in [-0.2, 0) is 0 Å². The maximum atomic E-state index is 11.4. The first-order chi connectivity index (χ1) is 8.47. The first kappa shape index (κ1) is 13.4. The molecule has 2 N–H and O–H groups in total. The largest absolute Gasteiger partial charge is 0.365 e. The van der Waals surface area contributed by atoms with Crippen LogP contribution in [-0.4, -0.2) is 39.7 Å². The van der Waals surface area contributed by atoms with E-state index < -0.39 is 5.91 Å². The summed E-state index contributed by atoms with van der Waals surface area (Å²) in [6, 6.07) is 1.48. The molecule has 1 aliphatic rings.